The average molecular weight is 221 g/mol. The first-order valence-electron chi connectivity index (χ1n) is 5.08. The van der Waals surface area contributed by atoms with Crippen LogP contribution >= 0.6 is 0 Å². The second kappa shape index (κ2) is 6.61. The highest BCUT2D eigenvalue weighted by molar-refractivity contribution is 5.73. The molecule has 0 saturated heterocycles. The Bertz CT molecular complexity index is 374. The van der Waals surface area contributed by atoms with Crippen molar-refractivity contribution >= 4 is 12.0 Å². The van der Waals surface area contributed by atoms with Crippen LogP contribution in [-0.4, -0.2) is 24.7 Å². The van der Waals surface area contributed by atoms with E-state index in [2.05, 4.69) is 4.98 Å². The molecule has 0 aliphatic rings. The van der Waals surface area contributed by atoms with E-state index in [1.54, 1.807) is 44.6 Å². The Balaban J connectivity index is 2.58. The molecule has 16 heavy (non-hydrogen) atoms. The number of esters is 1. The third-order valence-electron chi connectivity index (χ3n) is 1.92. The summed E-state index contributed by atoms with van der Waals surface area (Å²) in [5.74, 6) is 0.497. The largest absolute Gasteiger partial charge is 0.496 e. The predicted molar refractivity (Wildman–Crippen MR) is 61.1 cm³/mol. The normalized spacial score (nSPS) is 10.4. The number of carbonyl (C=O) groups is 1. The van der Waals surface area contributed by atoms with Crippen LogP contribution in [0.25, 0.3) is 6.08 Å². The van der Waals surface area contributed by atoms with Crippen LogP contribution in [0.1, 0.15) is 18.9 Å². The van der Waals surface area contributed by atoms with E-state index in [1.807, 2.05) is 0 Å². The van der Waals surface area contributed by atoms with E-state index in [1.165, 1.54) is 0 Å². The van der Waals surface area contributed by atoms with Gasteiger partial charge in [0.15, 0.2) is 0 Å². The molecule has 4 heteroatoms. The molecule has 0 aliphatic heterocycles. The minimum absolute atomic E-state index is 0.235. The minimum atomic E-state index is -0.235. The van der Waals surface area contributed by atoms with Gasteiger partial charge in [-0.2, -0.15) is 0 Å². The summed E-state index contributed by atoms with van der Waals surface area (Å²) in [6, 6.07) is 1.77. The molecule has 0 radical (unpaired) electrons. The Hall–Kier alpha value is -1.84. The molecule has 0 unspecified atom stereocenters. The van der Waals surface area contributed by atoms with E-state index in [0.717, 1.165) is 11.3 Å². The van der Waals surface area contributed by atoms with Gasteiger partial charge >= 0.3 is 5.97 Å². The maximum Gasteiger partial charge on any atom is 0.309 e. The Morgan fingerprint density at radius 1 is 1.56 bits per heavy atom. The number of hydrogen-bond donors (Lipinski definition) is 0. The van der Waals surface area contributed by atoms with Gasteiger partial charge in [0.2, 0.25) is 0 Å². The van der Waals surface area contributed by atoms with Crippen LogP contribution in [0, 0.1) is 0 Å². The van der Waals surface area contributed by atoms with Crippen molar-refractivity contribution in [2.24, 2.45) is 0 Å². The standard InChI is InChI=1S/C12H15NO3/c1-3-16-12(14)6-4-5-10-9-13-8-7-11(10)15-2/h4-5,7-9H,3,6H2,1-2H3. The molecule has 0 amide bonds. The maximum atomic E-state index is 11.1. The van der Waals surface area contributed by atoms with E-state index in [0.29, 0.717) is 6.61 Å². The van der Waals surface area contributed by atoms with Crippen LogP contribution in [0.15, 0.2) is 24.5 Å². The lowest BCUT2D eigenvalue weighted by atomic mass is 10.2. The van der Waals surface area contributed by atoms with Crippen molar-refractivity contribution in [1.29, 1.82) is 0 Å². The van der Waals surface area contributed by atoms with Gasteiger partial charge in [-0.1, -0.05) is 12.2 Å². The zero-order chi connectivity index (χ0) is 11.8. The Morgan fingerprint density at radius 3 is 3.06 bits per heavy atom. The van der Waals surface area contributed by atoms with Crippen LogP contribution in [0.4, 0.5) is 0 Å². The van der Waals surface area contributed by atoms with Crippen LogP contribution in [-0.2, 0) is 9.53 Å². The predicted octanol–water partition coefficient (Wildman–Crippen LogP) is 2.06. The van der Waals surface area contributed by atoms with Gasteiger partial charge in [-0.15, -0.1) is 0 Å². The van der Waals surface area contributed by atoms with Gasteiger partial charge in [0.1, 0.15) is 5.75 Å². The fourth-order valence-electron chi connectivity index (χ4n) is 1.21. The lowest BCUT2D eigenvalue weighted by molar-refractivity contribution is -0.142. The molecule has 0 aliphatic carbocycles. The van der Waals surface area contributed by atoms with Crippen LogP contribution in [0.2, 0.25) is 0 Å². The van der Waals surface area contributed by atoms with Gasteiger partial charge in [-0.05, 0) is 13.0 Å². The molecule has 0 fully saturated rings. The molecule has 1 aromatic rings. The molecule has 0 atom stereocenters. The molecule has 0 spiro atoms. The molecule has 1 rings (SSSR count). The molecule has 0 aromatic carbocycles. The van der Waals surface area contributed by atoms with E-state index < -0.39 is 0 Å². The Morgan fingerprint density at radius 2 is 2.38 bits per heavy atom. The highest BCUT2D eigenvalue weighted by Crippen LogP contribution is 2.17. The summed E-state index contributed by atoms with van der Waals surface area (Å²) >= 11 is 0. The van der Waals surface area contributed by atoms with Crippen molar-refractivity contribution in [3.8, 4) is 5.75 Å². The average Bonchev–Trinajstić information content (AvgIpc) is 2.30. The molecule has 0 N–H and O–H groups in total. The summed E-state index contributed by atoms with van der Waals surface area (Å²) in [5, 5.41) is 0. The summed E-state index contributed by atoms with van der Waals surface area (Å²) < 4.78 is 9.94. The van der Waals surface area contributed by atoms with Gasteiger partial charge < -0.3 is 9.47 Å². The van der Waals surface area contributed by atoms with E-state index in [4.69, 9.17) is 9.47 Å². The molecule has 4 nitrogen and oxygen atoms in total. The van der Waals surface area contributed by atoms with Crippen LogP contribution in [0.5, 0.6) is 5.75 Å². The first-order chi connectivity index (χ1) is 7.77. The van der Waals surface area contributed by atoms with Crippen molar-refractivity contribution in [2.75, 3.05) is 13.7 Å². The monoisotopic (exact) mass is 221 g/mol. The highest BCUT2D eigenvalue weighted by Gasteiger charge is 1.99. The van der Waals surface area contributed by atoms with Crippen LogP contribution < -0.4 is 4.74 Å². The molecule has 86 valence electrons. The fourth-order valence-corrected chi connectivity index (χ4v) is 1.21. The van der Waals surface area contributed by atoms with E-state index in [-0.39, 0.29) is 12.4 Å². The summed E-state index contributed by atoms with van der Waals surface area (Å²) in [6.45, 7) is 2.19. The first-order valence-corrected chi connectivity index (χ1v) is 5.08. The second-order valence-corrected chi connectivity index (χ2v) is 3.03. The van der Waals surface area contributed by atoms with Crippen LogP contribution in [0.3, 0.4) is 0 Å². The molecule has 0 saturated carbocycles. The van der Waals surface area contributed by atoms with E-state index >= 15 is 0 Å². The molecule has 1 aromatic heterocycles. The van der Waals surface area contributed by atoms with Gasteiger partial charge in [0, 0.05) is 18.0 Å². The van der Waals surface area contributed by atoms with Crippen molar-refractivity contribution in [3.05, 3.63) is 30.1 Å². The number of methoxy groups -OCH3 is 1. The molecular weight excluding hydrogens is 206 g/mol. The Kier molecular flexibility index (Phi) is 5.05. The lowest BCUT2D eigenvalue weighted by Crippen LogP contribution is -2.01. The number of pyridine rings is 1. The quantitative estimate of drug-likeness (QED) is 0.714. The SMILES string of the molecule is CCOC(=O)CC=Cc1cnccc1OC. The summed E-state index contributed by atoms with van der Waals surface area (Å²) in [4.78, 5) is 15.0. The number of hydrogen-bond acceptors (Lipinski definition) is 4. The number of carbonyl (C=O) groups excluding carboxylic acids is 1. The number of rotatable bonds is 5. The maximum absolute atomic E-state index is 11.1. The Labute approximate surface area is 94.9 Å². The van der Waals surface area contributed by atoms with Gasteiger partial charge in [0.05, 0.1) is 20.1 Å². The van der Waals surface area contributed by atoms with Crippen molar-refractivity contribution < 1.29 is 14.3 Å². The molecule has 0 bridgehead atoms. The van der Waals surface area contributed by atoms with Crippen molar-refractivity contribution in [3.63, 3.8) is 0 Å². The highest BCUT2D eigenvalue weighted by atomic mass is 16.5. The second-order valence-electron chi connectivity index (χ2n) is 3.03. The minimum Gasteiger partial charge on any atom is -0.496 e. The fraction of sp³-hybridized carbons (Fsp3) is 0.333. The zero-order valence-electron chi connectivity index (χ0n) is 9.47. The number of ether oxygens (including phenoxy) is 2. The van der Waals surface area contributed by atoms with Gasteiger partial charge in [-0.3, -0.25) is 9.78 Å². The summed E-state index contributed by atoms with van der Waals surface area (Å²) in [5.41, 5.74) is 0.842. The van der Waals surface area contributed by atoms with E-state index in [9.17, 15) is 4.79 Å². The molecular formula is C12H15NO3. The number of nitrogens with zero attached hydrogens (tertiary/aromatic N) is 1. The third kappa shape index (κ3) is 3.73. The molecule has 1 heterocycles. The third-order valence-corrected chi connectivity index (χ3v) is 1.92. The lowest BCUT2D eigenvalue weighted by Gasteiger charge is -2.02. The summed E-state index contributed by atoms with van der Waals surface area (Å²) in [6.07, 6.45) is 7.12. The van der Waals surface area contributed by atoms with Crippen molar-refractivity contribution in [1.82, 2.24) is 4.98 Å². The van der Waals surface area contributed by atoms with Gasteiger partial charge in [-0.25, -0.2) is 0 Å². The smallest absolute Gasteiger partial charge is 0.309 e. The number of aromatic nitrogens is 1. The zero-order valence-corrected chi connectivity index (χ0v) is 9.47. The van der Waals surface area contributed by atoms with Gasteiger partial charge in [0.25, 0.3) is 0 Å². The first kappa shape index (κ1) is 12.2. The van der Waals surface area contributed by atoms with Crippen molar-refractivity contribution in [2.45, 2.75) is 13.3 Å². The topological polar surface area (TPSA) is 48.4 Å². The summed E-state index contributed by atoms with van der Waals surface area (Å²) in [7, 11) is 1.60.